The molecule has 0 spiro atoms. The molecule has 2 N–H and O–H groups in total. The van der Waals surface area contributed by atoms with Crippen molar-refractivity contribution in [1.29, 1.82) is 0 Å². The van der Waals surface area contributed by atoms with Crippen LogP contribution in [0.25, 0.3) is 0 Å². The molecule has 112 valence electrons. The number of alkyl halides is 3. The standard InChI is InChI=1S/C14H9ClF5N/c15-11-6-8(16)2-3-9(11)13(21)7-1-4-10(12(17)5-7)14(18,19)20/h1-6,13H,21H2. The Kier molecular flexibility index (Phi) is 4.20. The summed E-state index contributed by atoms with van der Waals surface area (Å²) in [7, 11) is 0. The second-order valence-corrected chi connectivity index (χ2v) is 4.79. The van der Waals surface area contributed by atoms with Gasteiger partial charge < -0.3 is 5.73 Å². The van der Waals surface area contributed by atoms with Gasteiger partial charge in [0, 0.05) is 5.02 Å². The van der Waals surface area contributed by atoms with Gasteiger partial charge in [-0.2, -0.15) is 13.2 Å². The molecule has 2 rings (SSSR count). The van der Waals surface area contributed by atoms with Crippen LogP contribution in [0.5, 0.6) is 0 Å². The monoisotopic (exact) mass is 321 g/mol. The molecule has 2 aromatic rings. The molecule has 1 atom stereocenters. The summed E-state index contributed by atoms with van der Waals surface area (Å²) >= 11 is 5.82. The maximum Gasteiger partial charge on any atom is 0.419 e. The molecule has 0 aliphatic rings. The van der Waals surface area contributed by atoms with Gasteiger partial charge in [-0.1, -0.05) is 23.7 Å². The normalized spacial score (nSPS) is 13.3. The molecule has 21 heavy (non-hydrogen) atoms. The van der Waals surface area contributed by atoms with Gasteiger partial charge in [-0.15, -0.1) is 0 Å². The topological polar surface area (TPSA) is 26.0 Å². The predicted octanol–water partition coefficient (Wildman–Crippen LogP) is 4.69. The van der Waals surface area contributed by atoms with Gasteiger partial charge in [0.05, 0.1) is 11.6 Å². The Morgan fingerprint density at radius 3 is 2.19 bits per heavy atom. The highest BCUT2D eigenvalue weighted by Gasteiger charge is 2.34. The average molecular weight is 322 g/mol. The second kappa shape index (κ2) is 5.61. The molecule has 0 fully saturated rings. The van der Waals surface area contributed by atoms with Crippen molar-refractivity contribution in [2.45, 2.75) is 12.2 Å². The molecule has 0 radical (unpaired) electrons. The van der Waals surface area contributed by atoms with E-state index < -0.39 is 29.4 Å². The third-order valence-electron chi connectivity index (χ3n) is 2.96. The summed E-state index contributed by atoms with van der Waals surface area (Å²) in [6.07, 6.45) is -4.78. The smallest absolute Gasteiger partial charge is 0.320 e. The van der Waals surface area contributed by atoms with Crippen LogP contribution in [0.3, 0.4) is 0 Å². The lowest BCUT2D eigenvalue weighted by Crippen LogP contribution is -2.15. The SMILES string of the molecule is NC(c1ccc(C(F)(F)F)c(F)c1)c1ccc(F)cc1Cl. The number of benzene rings is 2. The van der Waals surface area contributed by atoms with E-state index in [1.54, 1.807) is 0 Å². The van der Waals surface area contributed by atoms with E-state index in [4.69, 9.17) is 17.3 Å². The van der Waals surface area contributed by atoms with Crippen molar-refractivity contribution in [3.8, 4) is 0 Å². The van der Waals surface area contributed by atoms with Gasteiger partial charge in [-0.25, -0.2) is 8.78 Å². The molecule has 2 aromatic carbocycles. The molecule has 0 aromatic heterocycles. The van der Waals surface area contributed by atoms with Crippen LogP contribution in [0.4, 0.5) is 22.0 Å². The molecule has 0 amide bonds. The highest BCUT2D eigenvalue weighted by Crippen LogP contribution is 2.34. The Balaban J connectivity index is 2.40. The van der Waals surface area contributed by atoms with Gasteiger partial charge in [0.2, 0.25) is 0 Å². The van der Waals surface area contributed by atoms with Crippen molar-refractivity contribution in [1.82, 2.24) is 0 Å². The predicted molar refractivity (Wildman–Crippen MR) is 68.8 cm³/mol. The first-order valence-corrected chi connectivity index (χ1v) is 6.15. The minimum absolute atomic E-state index is 0.0165. The molecular formula is C14H9ClF5N. The van der Waals surface area contributed by atoms with Crippen molar-refractivity contribution < 1.29 is 22.0 Å². The molecule has 1 unspecified atom stereocenters. The third-order valence-corrected chi connectivity index (χ3v) is 3.28. The summed E-state index contributed by atoms with van der Waals surface area (Å²) in [5.41, 5.74) is 4.86. The number of hydrogen-bond acceptors (Lipinski definition) is 1. The first kappa shape index (κ1) is 15.7. The van der Waals surface area contributed by atoms with Crippen LogP contribution in [0, 0.1) is 11.6 Å². The van der Waals surface area contributed by atoms with E-state index in [9.17, 15) is 22.0 Å². The van der Waals surface area contributed by atoms with Crippen LogP contribution in [0.1, 0.15) is 22.7 Å². The zero-order valence-corrected chi connectivity index (χ0v) is 11.1. The first-order valence-electron chi connectivity index (χ1n) is 5.77. The second-order valence-electron chi connectivity index (χ2n) is 4.38. The summed E-state index contributed by atoms with van der Waals surface area (Å²) in [6, 6.07) is 4.86. The van der Waals surface area contributed by atoms with E-state index >= 15 is 0 Å². The lowest BCUT2D eigenvalue weighted by Gasteiger charge is -2.16. The summed E-state index contributed by atoms with van der Waals surface area (Å²) in [5, 5.41) is 0.0165. The van der Waals surface area contributed by atoms with Crippen LogP contribution in [0.2, 0.25) is 5.02 Å². The van der Waals surface area contributed by atoms with E-state index in [1.165, 1.54) is 6.07 Å². The summed E-state index contributed by atoms with van der Waals surface area (Å²) in [4.78, 5) is 0. The van der Waals surface area contributed by atoms with Crippen molar-refractivity contribution in [3.63, 3.8) is 0 Å². The molecule has 0 saturated carbocycles. The average Bonchev–Trinajstić information content (AvgIpc) is 2.36. The number of rotatable bonds is 2. The minimum atomic E-state index is -4.78. The van der Waals surface area contributed by atoms with Crippen LogP contribution >= 0.6 is 11.6 Å². The van der Waals surface area contributed by atoms with E-state index in [0.29, 0.717) is 12.1 Å². The Hall–Kier alpha value is -1.66. The molecule has 0 aliphatic carbocycles. The quantitative estimate of drug-likeness (QED) is 0.798. The maximum atomic E-state index is 13.5. The molecule has 0 saturated heterocycles. The lowest BCUT2D eigenvalue weighted by molar-refractivity contribution is -0.140. The van der Waals surface area contributed by atoms with Gasteiger partial charge >= 0.3 is 6.18 Å². The van der Waals surface area contributed by atoms with Crippen LogP contribution in [-0.2, 0) is 6.18 Å². The highest BCUT2D eigenvalue weighted by molar-refractivity contribution is 6.31. The van der Waals surface area contributed by atoms with E-state index in [2.05, 4.69) is 0 Å². The van der Waals surface area contributed by atoms with Gasteiger partial charge in [0.15, 0.2) is 0 Å². The fourth-order valence-electron chi connectivity index (χ4n) is 1.89. The summed E-state index contributed by atoms with van der Waals surface area (Å²) in [5.74, 6) is -2.00. The molecular weight excluding hydrogens is 313 g/mol. The molecule has 0 heterocycles. The van der Waals surface area contributed by atoms with Crippen LogP contribution < -0.4 is 5.73 Å². The van der Waals surface area contributed by atoms with Gasteiger partial charge in [-0.3, -0.25) is 0 Å². The fourth-order valence-corrected chi connectivity index (χ4v) is 2.17. The molecule has 7 heteroatoms. The van der Waals surface area contributed by atoms with Crippen LogP contribution in [0.15, 0.2) is 36.4 Å². The Morgan fingerprint density at radius 1 is 1.00 bits per heavy atom. The third kappa shape index (κ3) is 3.33. The highest BCUT2D eigenvalue weighted by atomic mass is 35.5. The first-order chi connectivity index (χ1) is 9.70. The largest absolute Gasteiger partial charge is 0.419 e. The number of halogens is 6. The fraction of sp³-hybridized carbons (Fsp3) is 0.143. The van der Waals surface area contributed by atoms with Gasteiger partial charge in [0.1, 0.15) is 11.6 Å². The Labute approximate surface area is 122 Å². The Morgan fingerprint density at radius 2 is 1.67 bits per heavy atom. The summed E-state index contributed by atoms with van der Waals surface area (Å²) in [6.45, 7) is 0. The van der Waals surface area contributed by atoms with Crippen molar-refractivity contribution in [2.24, 2.45) is 5.73 Å². The zero-order valence-electron chi connectivity index (χ0n) is 10.4. The van der Waals surface area contributed by atoms with E-state index in [-0.39, 0.29) is 16.1 Å². The summed E-state index contributed by atoms with van der Waals surface area (Å²) < 4.78 is 63.9. The number of nitrogens with two attached hydrogens (primary N) is 1. The number of hydrogen-bond donors (Lipinski definition) is 1. The van der Waals surface area contributed by atoms with Crippen molar-refractivity contribution in [3.05, 3.63) is 69.7 Å². The molecule has 0 aliphatic heterocycles. The van der Waals surface area contributed by atoms with Crippen molar-refractivity contribution >= 4 is 11.6 Å². The van der Waals surface area contributed by atoms with Gasteiger partial charge in [-0.05, 0) is 35.4 Å². The Bertz CT molecular complexity index is 669. The lowest BCUT2D eigenvalue weighted by atomic mass is 9.98. The van der Waals surface area contributed by atoms with Crippen molar-refractivity contribution in [2.75, 3.05) is 0 Å². The molecule has 1 nitrogen and oxygen atoms in total. The van der Waals surface area contributed by atoms with E-state index in [1.807, 2.05) is 0 Å². The maximum absolute atomic E-state index is 13.5. The minimum Gasteiger partial charge on any atom is -0.320 e. The van der Waals surface area contributed by atoms with Crippen LogP contribution in [-0.4, -0.2) is 0 Å². The zero-order chi connectivity index (χ0) is 15.8. The van der Waals surface area contributed by atoms with Gasteiger partial charge in [0.25, 0.3) is 0 Å². The molecule has 0 bridgehead atoms. The van der Waals surface area contributed by atoms with E-state index in [0.717, 1.165) is 18.2 Å².